The van der Waals surface area contributed by atoms with Crippen molar-refractivity contribution in [2.24, 2.45) is 0 Å². The van der Waals surface area contributed by atoms with E-state index in [4.69, 9.17) is 4.74 Å². The zero-order chi connectivity index (χ0) is 16.3. The first-order chi connectivity index (χ1) is 10.2. The van der Waals surface area contributed by atoms with Crippen molar-refractivity contribution in [1.82, 2.24) is 4.90 Å². The van der Waals surface area contributed by atoms with E-state index >= 15 is 0 Å². The molecule has 0 spiro atoms. The molecule has 1 N–H and O–H groups in total. The lowest BCUT2D eigenvalue weighted by atomic mass is 10.0. The van der Waals surface area contributed by atoms with Crippen molar-refractivity contribution in [3.63, 3.8) is 0 Å². The molecule has 1 aromatic carbocycles. The van der Waals surface area contributed by atoms with Crippen molar-refractivity contribution in [2.45, 2.75) is 59.1 Å². The van der Waals surface area contributed by atoms with Crippen LogP contribution in [0.4, 0.5) is 10.5 Å². The highest BCUT2D eigenvalue weighted by atomic mass is 16.6. The number of anilines is 1. The molecule has 4 nitrogen and oxygen atoms in total. The molecule has 1 amide bonds. The fourth-order valence-corrected chi connectivity index (χ4v) is 2.88. The number of carbonyl (C=O) groups is 1. The molecule has 1 aliphatic heterocycles. The van der Waals surface area contributed by atoms with Gasteiger partial charge in [-0.2, -0.15) is 0 Å². The SMILES string of the molecule is Cc1cc(C)cc(NC2CCCN(C(=O)OC(C)(C)C)C2)c1. The van der Waals surface area contributed by atoms with Crippen LogP contribution < -0.4 is 5.32 Å². The third kappa shape index (κ3) is 4.93. The Morgan fingerprint density at radius 3 is 2.45 bits per heavy atom. The van der Waals surface area contributed by atoms with Crippen LogP contribution in [0.1, 0.15) is 44.7 Å². The van der Waals surface area contributed by atoms with Crippen molar-refractivity contribution >= 4 is 11.8 Å². The second kappa shape index (κ2) is 6.59. The summed E-state index contributed by atoms with van der Waals surface area (Å²) in [5.41, 5.74) is 3.20. The standard InChI is InChI=1S/C18H28N2O2/c1-13-9-14(2)11-16(10-13)19-15-7-6-8-20(12-15)17(21)22-18(3,4)5/h9-11,15,19H,6-8,12H2,1-5H3. The molecular weight excluding hydrogens is 276 g/mol. The van der Waals surface area contributed by atoms with E-state index in [1.54, 1.807) is 0 Å². The highest BCUT2D eigenvalue weighted by molar-refractivity contribution is 5.68. The average molecular weight is 304 g/mol. The Bertz CT molecular complexity index is 514. The van der Waals surface area contributed by atoms with Gasteiger partial charge in [0.25, 0.3) is 0 Å². The molecule has 0 bridgehead atoms. The fourth-order valence-electron chi connectivity index (χ4n) is 2.88. The summed E-state index contributed by atoms with van der Waals surface area (Å²) in [4.78, 5) is 14.0. The van der Waals surface area contributed by atoms with Gasteiger partial charge in [0.1, 0.15) is 5.60 Å². The van der Waals surface area contributed by atoms with Crippen LogP contribution >= 0.6 is 0 Å². The lowest BCUT2D eigenvalue weighted by Gasteiger charge is -2.35. The van der Waals surface area contributed by atoms with Crippen molar-refractivity contribution in [3.05, 3.63) is 29.3 Å². The molecule has 4 heteroatoms. The van der Waals surface area contributed by atoms with E-state index in [1.165, 1.54) is 11.1 Å². The summed E-state index contributed by atoms with van der Waals surface area (Å²) in [6.45, 7) is 11.4. The van der Waals surface area contributed by atoms with E-state index in [0.29, 0.717) is 6.54 Å². The Hall–Kier alpha value is -1.71. The second-order valence-electron chi connectivity index (χ2n) is 7.29. The summed E-state index contributed by atoms with van der Waals surface area (Å²) in [5.74, 6) is 0. The molecule has 1 saturated heterocycles. The number of hydrogen-bond acceptors (Lipinski definition) is 3. The van der Waals surface area contributed by atoms with Crippen molar-refractivity contribution in [2.75, 3.05) is 18.4 Å². The second-order valence-corrected chi connectivity index (χ2v) is 7.29. The maximum Gasteiger partial charge on any atom is 0.410 e. The summed E-state index contributed by atoms with van der Waals surface area (Å²) >= 11 is 0. The van der Waals surface area contributed by atoms with Crippen LogP contribution in [-0.4, -0.2) is 35.7 Å². The first-order valence-corrected chi connectivity index (χ1v) is 8.06. The first-order valence-electron chi connectivity index (χ1n) is 8.06. The molecule has 1 fully saturated rings. The van der Waals surface area contributed by atoms with Gasteiger partial charge < -0.3 is 15.0 Å². The van der Waals surface area contributed by atoms with Gasteiger partial charge >= 0.3 is 6.09 Å². The number of rotatable bonds is 2. The van der Waals surface area contributed by atoms with Gasteiger partial charge in [0, 0.05) is 24.8 Å². The molecular formula is C18H28N2O2. The summed E-state index contributed by atoms with van der Waals surface area (Å²) < 4.78 is 5.47. The minimum atomic E-state index is -0.439. The van der Waals surface area contributed by atoms with E-state index in [0.717, 1.165) is 25.1 Å². The van der Waals surface area contributed by atoms with Gasteiger partial charge in [-0.3, -0.25) is 0 Å². The zero-order valence-corrected chi connectivity index (χ0v) is 14.4. The Morgan fingerprint density at radius 2 is 1.86 bits per heavy atom. The highest BCUT2D eigenvalue weighted by Crippen LogP contribution is 2.20. The van der Waals surface area contributed by atoms with Crippen LogP contribution in [0.25, 0.3) is 0 Å². The molecule has 0 saturated carbocycles. The largest absolute Gasteiger partial charge is 0.444 e. The monoisotopic (exact) mass is 304 g/mol. The molecule has 1 aliphatic rings. The number of piperidine rings is 1. The van der Waals surface area contributed by atoms with Gasteiger partial charge in [-0.1, -0.05) is 6.07 Å². The predicted molar refractivity (Wildman–Crippen MR) is 90.4 cm³/mol. The zero-order valence-electron chi connectivity index (χ0n) is 14.4. The van der Waals surface area contributed by atoms with Crippen molar-refractivity contribution < 1.29 is 9.53 Å². The third-order valence-corrected chi connectivity index (χ3v) is 3.67. The molecule has 0 aliphatic carbocycles. The van der Waals surface area contributed by atoms with Crippen molar-refractivity contribution in [1.29, 1.82) is 0 Å². The van der Waals surface area contributed by atoms with Gasteiger partial charge in [0.2, 0.25) is 0 Å². The number of nitrogens with one attached hydrogen (secondary N) is 1. The quantitative estimate of drug-likeness (QED) is 0.894. The van der Waals surface area contributed by atoms with E-state index in [9.17, 15) is 4.79 Å². The van der Waals surface area contributed by atoms with Crippen LogP contribution in [0.5, 0.6) is 0 Å². The summed E-state index contributed by atoms with van der Waals surface area (Å²) in [5, 5.41) is 3.56. The van der Waals surface area contributed by atoms with Crippen LogP contribution in [-0.2, 0) is 4.74 Å². The Balaban J connectivity index is 1.97. The molecule has 1 heterocycles. The number of amides is 1. The minimum absolute atomic E-state index is 0.209. The van der Waals surface area contributed by atoms with Crippen LogP contribution in [0.3, 0.4) is 0 Å². The summed E-state index contributed by atoms with van der Waals surface area (Å²) in [6.07, 6.45) is 1.87. The van der Waals surface area contributed by atoms with Crippen LogP contribution in [0, 0.1) is 13.8 Å². The molecule has 122 valence electrons. The molecule has 0 radical (unpaired) electrons. The van der Waals surface area contributed by atoms with Gasteiger partial charge in [-0.15, -0.1) is 0 Å². The lowest BCUT2D eigenvalue weighted by molar-refractivity contribution is 0.0206. The summed E-state index contributed by atoms with van der Waals surface area (Å²) in [7, 11) is 0. The number of likely N-dealkylation sites (tertiary alicyclic amines) is 1. The first kappa shape index (κ1) is 16.7. The number of ether oxygens (including phenoxy) is 1. The van der Waals surface area contributed by atoms with Gasteiger partial charge in [-0.05, 0) is 70.7 Å². The maximum absolute atomic E-state index is 12.2. The normalized spacial score (nSPS) is 19.0. The smallest absolute Gasteiger partial charge is 0.410 e. The number of aryl methyl sites for hydroxylation is 2. The molecule has 1 aromatic rings. The lowest BCUT2D eigenvalue weighted by Crippen LogP contribution is -2.47. The molecule has 0 aromatic heterocycles. The van der Waals surface area contributed by atoms with Gasteiger partial charge in [-0.25, -0.2) is 4.79 Å². The number of benzene rings is 1. The molecule has 1 unspecified atom stereocenters. The van der Waals surface area contributed by atoms with E-state index in [-0.39, 0.29) is 12.1 Å². The topological polar surface area (TPSA) is 41.6 Å². The maximum atomic E-state index is 12.2. The van der Waals surface area contributed by atoms with Gasteiger partial charge in [0.05, 0.1) is 0 Å². The molecule has 22 heavy (non-hydrogen) atoms. The molecule has 1 atom stereocenters. The third-order valence-electron chi connectivity index (χ3n) is 3.67. The molecule has 2 rings (SSSR count). The van der Waals surface area contributed by atoms with Crippen molar-refractivity contribution in [3.8, 4) is 0 Å². The van der Waals surface area contributed by atoms with E-state index in [2.05, 4.69) is 37.4 Å². The Kier molecular flexibility index (Phi) is 4.99. The van der Waals surface area contributed by atoms with Gasteiger partial charge in [0.15, 0.2) is 0 Å². The summed E-state index contributed by atoms with van der Waals surface area (Å²) in [6, 6.07) is 6.75. The number of hydrogen-bond donors (Lipinski definition) is 1. The van der Waals surface area contributed by atoms with E-state index < -0.39 is 5.60 Å². The van der Waals surface area contributed by atoms with E-state index in [1.807, 2.05) is 25.7 Å². The minimum Gasteiger partial charge on any atom is -0.444 e. The average Bonchev–Trinajstić information content (AvgIpc) is 2.35. The van der Waals surface area contributed by atoms with Crippen LogP contribution in [0.15, 0.2) is 18.2 Å². The highest BCUT2D eigenvalue weighted by Gasteiger charge is 2.27. The fraction of sp³-hybridized carbons (Fsp3) is 0.611. The van der Waals surface area contributed by atoms with Crippen LogP contribution in [0.2, 0.25) is 0 Å². The Labute approximate surface area is 133 Å². The number of nitrogens with zero attached hydrogens (tertiary/aromatic N) is 1. The predicted octanol–water partition coefficient (Wildman–Crippen LogP) is 4.11. The number of carbonyl (C=O) groups excluding carboxylic acids is 1. The Morgan fingerprint density at radius 1 is 1.23 bits per heavy atom.